The van der Waals surface area contributed by atoms with Gasteiger partial charge in [0.1, 0.15) is 10.6 Å². The molecule has 0 aliphatic heterocycles. The van der Waals surface area contributed by atoms with Gasteiger partial charge in [0.15, 0.2) is 18.9 Å². The van der Waals surface area contributed by atoms with E-state index in [2.05, 4.69) is 13.0 Å². The molecule has 2 aromatic carbocycles. The van der Waals surface area contributed by atoms with Crippen molar-refractivity contribution in [3.8, 4) is 5.75 Å². The number of benzene rings is 2. The summed E-state index contributed by atoms with van der Waals surface area (Å²) in [6.45, 7) is 2.96. The SMILES string of the molecule is C[C@]12CC[C@@H]3c4ccc(OS(=O)(=O)c5ccc(C[n+]6ccccc6)cc5)cc4CC[C@H]3[C@@H]1CCC2O. The van der Waals surface area contributed by atoms with Crippen molar-refractivity contribution in [3.05, 3.63) is 89.7 Å². The first-order valence-corrected chi connectivity index (χ1v) is 14.5. The first-order chi connectivity index (χ1) is 17.3. The zero-order valence-electron chi connectivity index (χ0n) is 20.7. The number of rotatable bonds is 5. The van der Waals surface area contributed by atoms with Gasteiger partial charge in [0.25, 0.3) is 0 Å². The van der Waals surface area contributed by atoms with Gasteiger partial charge in [0.05, 0.1) is 6.10 Å². The normalized spacial score (nSPS) is 29.2. The highest BCUT2D eigenvalue weighted by Crippen LogP contribution is 2.60. The Morgan fingerprint density at radius 2 is 1.78 bits per heavy atom. The largest absolute Gasteiger partial charge is 0.393 e. The maximum Gasteiger partial charge on any atom is 0.339 e. The monoisotopic (exact) mass is 504 g/mol. The number of fused-ring (bicyclic) bond motifs is 5. The average Bonchev–Trinajstić information content (AvgIpc) is 3.19. The summed E-state index contributed by atoms with van der Waals surface area (Å²) in [6.07, 6.45) is 10.0. The van der Waals surface area contributed by atoms with Gasteiger partial charge in [-0.1, -0.05) is 31.2 Å². The van der Waals surface area contributed by atoms with Crippen LogP contribution in [0.15, 0.2) is 78.0 Å². The minimum atomic E-state index is -3.91. The van der Waals surface area contributed by atoms with Gasteiger partial charge in [-0.05, 0) is 97.1 Å². The highest BCUT2D eigenvalue weighted by atomic mass is 32.2. The Balaban J connectivity index is 1.18. The summed E-state index contributed by atoms with van der Waals surface area (Å²) >= 11 is 0. The van der Waals surface area contributed by atoms with E-state index in [9.17, 15) is 13.5 Å². The standard InChI is InChI=1S/C30H34NO4S/c1-30-16-15-26-25-12-8-23(19-22(25)7-11-27(26)28(30)13-14-29(30)32)35-36(33,34)24-9-5-21(6-10-24)20-31-17-3-2-4-18-31/h2-6,8-10,12,17-19,26-29,32H,7,11,13-16,20H2,1H3/q+1/t26-,27-,28+,29?,30+/m1/s1. The smallest absolute Gasteiger partial charge is 0.339 e. The Hall–Kier alpha value is -2.70. The van der Waals surface area contributed by atoms with E-state index >= 15 is 0 Å². The van der Waals surface area contributed by atoms with E-state index in [1.807, 2.05) is 59.4 Å². The second-order valence-corrected chi connectivity index (χ2v) is 12.7. The van der Waals surface area contributed by atoms with Crippen LogP contribution in [0, 0.1) is 17.3 Å². The van der Waals surface area contributed by atoms with E-state index in [1.54, 1.807) is 12.1 Å². The van der Waals surface area contributed by atoms with Crippen LogP contribution in [0.25, 0.3) is 0 Å². The Morgan fingerprint density at radius 1 is 1.00 bits per heavy atom. The molecule has 1 heterocycles. The second-order valence-electron chi connectivity index (χ2n) is 11.1. The molecule has 0 saturated heterocycles. The van der Waals surface area contributed by atoms with Crippen LogP contribution >= 0.6 is 0 Å². The van der Waals surface area contributed by atoms with E-state index in [1.165, 1.54) is 11.1 Å². The predicted octanol–water partition coefficient (Wildman–Crippen LogP) is 5.01. The molecule has 36 heavy (non-hydrogen) atoms. The lowest BCUT2D eigenvalue weighted by Gasteiger charge is -2.50. The first-order valence-electron chi connectivity index (χ1n) is 13.1. The molecule has 3 aromatic rings. The van der Waals surface area contributed by atoms with E-state index in [0.717, 1.165) is 44.1 Å². The van der Waals surface area contributed by atoms with Gasteiger partial charge in [0, 0.05) is 17.7 Å². The van der Waals surface area contributed by atoms with E-state index in [4.69, 9.17) is 4.18 Å². The molecule has 6 rings (SSSR count). The maximum absolute atomic E-state index is 13.0. The Morgan fingerprint density at radius 3 is 2.56 bits per heavy atom. The third kappa shape index (κ3) is 4.14. The summed E-state index contributed by atoms with van der Waals surface area (Å²) in [4.78, 5) is 0.161. The van der Waals surface area contributed by atoms with Crippen molar-refractivity contribution in [3.63, 3.8) is 0 Å². The van der Waals surface area contributed by atoms with Crippen molar-refractivity contribution < 1.29 is 22.3 Å². The van der Waals surface area contributed by atoms with Crippen LogP contribution in [0.5, 0.6) is 5.75 Å². The minimum absolute atomic E-state index is 0.0606. The molecule has 1 N–H and O–H groups in total. The summed E-state index contributed by atoms with van der Waals surface area (Å²) in [5, 5.41) is 10.6. The predicted molar refractivity (Wildman–Crippen MR) is 137 cm³/mol. The van der Waals surface area contributed by atoms with Crippen molar-refractivity contribution in [2.24, 2.45) is 17.3 Å². The molecule has 5 nitrogen and oxygen atoms in total. The fraction of sp³-hybridized carbons (Fsp3) is 0.433. The molecule has 2 saturated carbocycles. The van der Waals surface area contributed by atoms with Crippen molar-refractivity contribution in [1.29, 1.82) is 0 Å². The maximum atomic E-state index is 13.0. The van der Waals surface area contributed by atoms with Crippen molar-refractivity contribution in [2.45, 2.75) is 68.9 Å². The van der Waals surface area contributed by atoms with Gasteiger partial charge in [-0.3, -0.25) is 0 Å². The zero-order chi connectivity index (χ0) is 24.9. The summed E-state index contributed by atoms with van der Waals surface area (Å²) in [6, 6.07) is 18.6. The van der Waals surface area contributed by atoms with E-state index < -0.39 is 10.1 Å². The lowest BCUT2D eigenvalue weighted by atomic mass is 9.55. The zero-order valence-corrected chi connectivity index (χ0v) is 21.5. The molecule has 1 unspecified atom stereocenters. The lowest BCUT2D eigenvalue weighted by Crippen LogP contribution is -2.43. The molecule has 6 heteroatoms. The molecule has 0 bridgehead atoms. The summed E-state index contributed by atoms with van der Waals surface area (Å²) in [5.41, 5.74) is 3.64. The molecule has 3 aliphatic rings. The van der Waals surface area contributed by atoms with Crippen LogP contribution in [0.3, 0.4) is 0 Å². The number of hydrogen-bond donors (Lipinski definition) is 1. The third-order valence-corrected chi connectivity index (χ3v) is 10.5. The Labute approximate surface area is 213 Å². The summed E-state index contributed by atoms with van der Waals surface area (Å²) < 4.78 is 33.6. The quantitative estimate of drug-likeness (QED) is 0.392. The van der Waals surface area contributed by atoms with Crippen LogP contribution in [0.2, 0.25) is 0 Å². The molecule has 188 valence electrons. The Bertz CT molecular complexity index is 1360. The van der Waals surface area contributed by atoms with E-state index in [-0.39, 0.29) is 16.4 Å². The van der Waals surface area contributed by atoms with Gasteiger partial charge in [-0.25, -0.2) is 4.57 Å². The lowest BCUT2D eigenvalue weighted by molar-refractivity contribution is -0.688. The number of pyridine rings is 1. The second kappa shape index (κ2) is 9.00. The number of aryl methyl sites for hydroxylation is 1. The molecule has 1 aromatic heterocycles. The summed E-state index contributed by atoms with van der Waals surface area (Å²) in [5.74, 6) is 2.07. The molecule has 0 spiro atoms. The van der Waals surface area contributed by atoms with Crippen molar-refractivity contribution in [1.82, 2.24) is 0 Å². The van der Waals surface area contributed by atoms with Crippen molar-refractivity contribution >= 4 is 10.1 Å². The van der Waals surface area contributed by atoms with Gasteiger partial charge in [-0.15, -0.1) is 0 Å². The molecular formula is C30H34NO4S+. The fourth-order valence-corrected chi connectivity index (χ4v) is 8.19. The molecular weight excluding hydrogens is 470 g/mol. The highest BCUT2D eigenvalue weighted by Gasteiger charge is 2.54. The van der Waals surface area contributed by atoms with Gasteiger partial charge >= 0.3 is 10.1 Å². The van der Waals surface area contributed by atoms with E-state index in [0.29, 0.717) is 30.0 Å². The summed E-state index contributed by atoms with van der Waals surface area (Å²) in [7, 11) is -3.91. The van der Waals surface area contributed by atoms with Crippen LogP contribution in [0.4, 0.5) is 0 Å². The highest BCUT2D eigenvalue weighted by molar-refractivity contribution is 7.87. The number of aliphatic hydroxyl groups excluding tert-OH is 1. The molecule has 0 radical (unpaired) electrons. The number of aliphatic hydroxyl groups is 1. The molecule has 3 aliphatic carbocycles. The van der Waals surface area contributed by atoms with Gasteiger partial charge in [0.2, 0.25) is 0 Å². The third-order valence-electron chi connectivity index (χ3n) is 9.21. The van der Waals surface area contributed by atoms with Gasteiger partial charge in [-0.2, -0.15) is 8.42 Å². The molecule has 2 fully saturated rings. The number of hydrogen-bond acceptors (Lipinski definition) is 4. The number of aromatic nitrogens is 1. The van der Waals surface area contributed by atoms with Gasteiger partial charge < -0.3 is 9.29 Å². The van der Waals surface area contributed by atoms with Crippen LogP contribution in [0.1, 0.15) is 61.6 Å². The topological polar surface area (TPSA) is 67.5 Å². The first kappa shape index (κ1) is 23.7. The van der Waals surface area contributed by atoms with Crippen molar-refractivity contribution in [2.75, 3.05) is 0 Å². The van der Waals surface area contributed by atoms with Crippen LogP contribution in [-0.2, 0) is 23.1 Å². The van der Waals surface area contributed by atoms with Crippen LogP contribution in [-0.4, -0.2) is 19.6 Å². The average molecular weight is 505 g/mol. The Kier molecular flexibility index (Phi) is 5.92. The molecule has 0 amide bonds. The van der Waals surface area contributed by atoms with Crippen LogP contribution < -0.4 is 8.75 Å². The molecule has 5 atom stereocenters. The number of nitrogens with zero attached hydrogens (tertiary/aromatic N) is 1. The minimum Gasteiger partial charge on any atom is -0.393 e. The fourth-order valence-electron chi connectivity index (χ4n) is 7.27.